The normalized spacial score (nSPS) is 15.4. The number of benzene rings is 1. The third-order valence-electron chi connectivity index (χ3n) is 4.89. The summed E-state index contributed by atoms with van der Waals surface area (Å²) in [6.45, 7) is 10.7. The standard InChI is InChI=1S/C17H28O3Si/c1-13(15(16(18)19-4)17(2,3)20-5)21(6,7)14-11-9-8-10-12-14/h8-13,15H,1-7H3/t13-,15+/m0/s1. The second-order valence-electron chi connectivity index (χ2n) is 6.68. The van der Waals surface area contributed by atoms with E-state index in [0.29, 0.717) is 0 Å². The topological polar surface area (TPSA) is 35.5 Å². The number of carbonyl (C=O) groups excluding carboxylic acids is 1. The minimum Gasteiger partial charge on any atom is -0.469 e. The maximum Gasteiger partial charge on any atom is 0.311 e. The van der Waals surface area contributed by atoms with E-state index in [1.165, 1.54) is 12.3 Å². The Morgan fingerprint density at radius 3 is 2.10 bits per heavy atom. The average Bonchev–Trinajstić information content (AvgIpc) is 2.47. The second kappa shape index (κ2) is 6.75. The predicted octanol–water partition coefficient (Wildman–Crippen LogP) is 3.21. The maximum atomic E-state index is 12.4. The van der Waals surface area contributed by atoms with Gasteiger partial charge < -0.3 is 9.47 Å². The van der Waals surface area contributed by atoms with Gasteiger partial charge in [0.25, 0.3) is 0 Å². The van der Waals surface area contributed by atoms with Gasteiger partial charge >= 0.3 is 5.97 Å². The van der Waals surface area contributed by atoms with Crippen LogP contribution in [0.15, 0.2) is 30.3 Å². The molecule has 0 aliphatic heterocycles. The lowest BCUT2D eigenvalue weighted by molar-refractivity contribution is -0.156. The third kappa shape index (κ3) is 3.74. The number of rotatable bonds is 6. The highest BCUT2D eigenvalue weighted by molar-refractivity contribution is 6.91. The number of ether oxygens (including phenoxy) is 2. The highest BCUT2D eigenvalue weighted by Gasteiger charge is 2.47. The first kappa shape index (κ1) is 17.9. The van der Waals surface area contributed by atoms with Crippen molar-refractivity contribution in [3.63, 3.8) is 0 Å². The van der Waals surface area contributed by atoms with Crippen LogP contribution in [0.4, 0.5) is 0 Å². The molecule has 0 unspecified atom stereocenters. The van der Waals surface area contributed by atoms with Crippen molar-refractivity contribution in [2.45, 2.75) is 45.0 Å². The minimum atomic E-state index is -1.83. The molecule has 1 aromatic rings. The summed E-state index contributed by atoms with van der Waals surface area (Å²) in [5.74, 6) is -0.472. The van der Waals surface area contributed by atoms with Crippen molar-refractivity contribution < 1.29 is 14.3 Å². The molecule has 1 rings (SSSR count). The van der Waals surface area contributed by atoms with Crippen LogP contribution in [0.25, 0.3) is 0 Å². The van der Waals surface area contributed by atoms with Crippen molar-refractivity contribution in [2.24, 2.45) is 5.92 Å². The summed E-state index contributed by atoms with van der Waals surface area (Å²) in [7, 11) is 1.27. The second-order valence-corrected chi connectivity index (χ2v) is 11.6. The molecule has 0 aliphatic rings. The van der Waals surface area contributed by atoms with Gasteiger partial charge in [-0.3, -0.25) is 4.79 Å². The SMILES string of the molecule is COC(=O)[C@@H]([C@H](C)[Si](C)(C)c1ccccc1)C(C)(C)OC. The summed E-state index contributed by atoms with van der Waals surface area (Å²) in [5, 5.41) is 1.35. The Labute approximate surface area is 129 Å². The monoisotopic (exact) mass is 308 g/mol. The Morgan fingerprint density at radius 2 is 1.67 bits per heavy atom. The number of esters is 1. The Kier molecular flexibility index (Phi) is 5.76. The molecule has 1 aromatic carbocycles. The molecule has 0 amide bonds. The Hall–Kier alpha value is -1.13. The highest BCUT2D eigenvalue weighted by atomic mass is 28.3. The summed E-state index contributed by atoms with van der Waals surface area (Å²) < 4.78 is 10.7. The smallest absolute Gasteiger partial charge is 0.311 e. The van der Waals surface area contributed by atoms with Crippen LogP contribution < -0.4 is 5.19 Å². The Balaban J connectivity index is 3.22. The van der Waals surface area contributed by atoms with Gasteiger partial charge in [-0.1, -0.05) is 55.5 Å². The van der Waals surface area contributed by atoms with Gasteiger partial charge in [-0.05, 0) is 19.4 Å². The van der Waals surface area contributed by atoms with Gasteiger partial charge in [0.05, 0.1) is 26.7 Å². The fraction of sp³-hybridized carbons (Fsp3) is 0.588. The first-order chi connectivity index (χ1) is 9.68. The van der Waals surface area contributed by atoms with Gasteiger partial charge in [0.2, 0.25) is 0 Å². The summed E-state index contributed by atoms with van der Waals surface area (Å²) >= 11 is 0. The van der Waals surface area contributed by atoms with Gasteiger partial charge in [0.1, 0.15) is 0 Å². The molecule has 0 saturated carbocycles. The van der Waals surface area contributed by atoms with E-state index in [1.54, 1.807) is 7.11 Å². The molecule has 0 saturated heterocycles. The van der Waals surface area contributed by atoms with E-state index in [1.807, 2.05) is 19.9 Å². The summed E-state index contributed by atoms with van der Waals surface area (Å²) in [6.07, 6.45) is 0. The highest BCUT2D eigenvalue weighted by Crippen LogP contribution is 2.38. The molecular formula is C17H28O3Si. The van der Waals surface area contributed by atoms with Crippen molar-refractivity contribution >= 4 is 19.2 Å². The zero-order valence-electron chi connectivity index (χ0n) is 14.3. The lowest BCUT2D eigenvalue weighted by Crippen LogP contribution is -2.54. The van der Waals surface area contributed by atoms with Crippen molar-refractivity contribution in [1.82, 2.24) is 0 Å². The average molecular weight is 308 g/mol. The third-order valence-corrected chi connectivity index (χ3v) is 9.32. The summed E-state index contributed by atoms with van der Waals surface area (Å²) in [5.41, 5.74) is -0.353. The van der Waals surface area contributed by atoms with Crippen LogP contribution >= 0.6 is 0 Å². The predicted molar refractivity (Wildman–Crippen MR) is 89.6 cm³/mol. The molecule has 0 spiro atoms. The summed E-state index contributed by atoms with van der Waals surface area (Å²) in [4.78, 5) is 12.4. The number of carbonyl (C=O) groups is 1. The lowest BCUT2D eigenvalue weighted by Gasteiger charge is -2.41. The molecule has 118 valence electrons. The van der Waals surface area contributed by atoms with E-state index in [-0.39, 0.29) is 17.4 Å². The molecule has 0 aliphatic carbocycles. The van der Waals surface area contributed by atoms with Crippen LogP contribution in [0, 0.1) is 5.92 Å². The molecule has 0 heterocycles. The van der Waals surface area contributed by atoms with Crippen molar-refractivity contribution in [2.75, 3.05) is 14.2 Å². The number of hydrogen-bond acceptors (Lipinski definition) is 3. The van der Waals surface area contributed by atoms with Crippen molar-refractivity contribution in [3.8, 4) is 0 Å². The molecule has 0 radical (unpaired) electrons. The first-order valence-electron chi connectivity index (χ1n) is 7.37. The van der Waals surface area contributed by atoms with Crippen LogP contribution in [-0.2, 0) is 14.3 Å². The zero-order chi connectivity index (χ0) is 16.3. The summed E-state index contributed by atoms with van der Waals surface area (Å²) in [6, 6.07) is 10.5. The molecule has 0 aromatic heterocycles. The van der Waals surface area contributed by atoms with Crippen LogP contribution in [0.5, 0.6) is 0 Å². The molecule has 4 heteroatoms. The van der Waals surface area contributed by atoms with Gasteiger partial charge in [-0.15, -0.1) is 0 Å². The lowest BCUT2D eigenvalue weighted by atomic mass is 9.88. The van der Waals surface area contributed by atoms with E-state index >= 15 is 0 Å². The fourth-order valence-corrected chi connectivity index (χ4v) is 5.84. The molecular weight excluding hydrogens is 280 g/mol. The van der Waals surface area contributed by atoms with Gasteiger partial charge in [-0.2, -0.15) is 0 Å². The Morgan fingerprint density at radius 1 is 1.14 bits per heavy atom. The molecule has 0 N–H and O–H groups in total. The van der Waals surface area contributed by atoms with Gasteiger partial charge in [-0.25, -0.2) is 0 Å². The maximum absolute atomic E-state index is 12.4. The van der Waals surface area contributed by atoms with Gasteiger partial charge in [0.15, 0.2) is 0 Å². The minimum absolute atomic E-state index is 0.189. The van der Waals surface area contributed by atoms with Crippen molar-refractivity contribution in [3.05, 3.63) is 30.3 Å². The van der Waals surface area contributed by atoms with E-state index in [0.717, 1.165) is 0 Å². The van der Waals surface area contributed by atoms with Crippen LogP contribution in [0.1, 0.15) is 20.8 Å². The molecule has 0 fully saturated rings. The molecule has 0 bridgehead atoms. The van der Waals surface area contributed by atoms with E-state index in [2.05, 4.69) is 44.3 Å². The number of methoxy groups -OCH3 is 2. The van der Waals surface area contributed by atoms with E-state index in [9.17, 15) is 4.79 Å². The van der Waals surface area contributed by atoms with E-state index < -0.39 is 13.7 Å². The van der Waals surface area contributed by atoms with E-state index in [4.69, 9.17) is 9.47 Å². The quantitative estimate of drug-likeness (QED) is 0.598. The zero-order valence-corrected chi connectivity index (χ0v) is 15.3. The van der Waals surface area contributed by atoms with Crippen LogP contribution in [-0.4, -0.2) is 33.9 Å². The van der Waals surface area contributed by atoms with Crippen molar-refractivity contribution in [1.29, 1.82) is 0 Å². The largest absolute Gasteiger partial charge is 0.469 e. The molecule has 3 nitrogen and oxygen atoms in total. The van der Waals surface area contributed by atoms with Crippen LogP contribution in [0.2, 0.25) is 18.6 Å². The van der Waals surface area contributed by atoms with Crippen LogP contribution in [0.3, 0.4) is 0 Å². The molecule has 2 atom stereocenters. The molecule has 21 heavy (non-hydrogen) atoms. The van der Waals surface area contributed by atoms with Gasteiger partial charge in [0, 0.05) is 7.11 Å². The fourth-order valence-electron chi connectivity index (χ4n) is 2.89. The Bertz CT molecular complexity index is 468. The first-order valence-corrected chi connectivity index (χ1v) is 10.4. The number of hydrogen-bond donors (Lipinski definition) is 0.